The highest BCUT2D eigenvalue weighted by Gasteiger charge is 2.32. The molecule has 0 saturated carbocycles. The van der Waals surface area contributed by atoms with Gasteiger partial charge in [0.25, 0.3) is 0 Å². The van der Waals surface area contributed by atoms with Gasteiger partial charge in [0.05, 0.1) is 0 Å². The summed E-state index contributed by atoms with van der Waals surface area (Å²) in [5.41, 5.74) is 6.16. The minimum atomic E-state index is 0.545. The highest BCUT2D eigenvalue weighted by atomic mass is 14.9. The summed E-state index contributed by atoms with van der Waals surface area (Å²) in [5.74, 6) is 0.545. The van der Waals surface area contributed by atoms with E-state index in [2.05, 4.69) is 53.8 Å². The van der Waals surface area contributed by atoms with E-state index < -0.39 is 0 Å². The van der Waals surface area contributed by atoms with Gasteiger partial charge in [0, 0.05) is 12.0 Å². The maximum atomic E-state index is 3.77. The van der Waals surface area contributed by atoms with Gasteiger partial charge in [-0.1, -0.05) is 48.5 Å². The molecule has 2 aliphatic rings. The molecule has 1 aliphatic heterocycles. The highest BCUT2D eigenvalue weighted by Crippen LogP contribution is 2.39. The van der Waals surface area contributed by atoms with Gasteiger partial charge in [0.1, 0.15) is 0 Å². The average Bonchev–Trinajstić information content (AvgIpc) is 2.66. The molecule has 0 unspecified atom stereocenters. The van der Waals surface area contributed by atoms with Crippen LogP contribution in [0.25, 0.3) is 0 Å². The number of hydrogen-bond acceptors (Lipinski definition) is 1. The Morgan fingerprint density at radius 2 is 1.42 bits per heavy atom. The van der Waals surface area contributed by atoms with E-state index in [9.17, 15) is 0 Å². The SMILES string of the molecule is c1ccc2c(c1)CCN[C@@H]1CCc3ccccc3[C@@H]21. The van der Waals surface area contributed by atoms with Crippen LogP contribution in [0.2, 0.25) is 0 Å². The summed E-state index contributed by atoms with van der Waals surface area (Å²) in [6.45, 7) is 1.11. The van der Waals surface area contributed by atoms with Crippen LogP contribution in [0.3, 0.4) is 0 Å². The van der Waals surface area contributed by atoms with Crippen molar-refractivity contribution in [1.82, 2.24) is 5.32 Å². The zero-order chi connectivity index (χ0) is 12.7. The van der Waals surface area contributed by atoms with Crippen molar-refractivity contribution in [3.8, 4) is 0 Å². The largest absolute Gasteiger partial charge is 0.313 e. The van der Waals surface area contributed by atoms with Crippen LogP contribution in [0, 0.1) is 0 Å². The first-order valence-electron chi connectivity index (χ1n) is 7.32. The number of nitrogens with one attached hydrogen (secondary N) is 1. The Labute approximate surface area is 114 Å². The van der Waals surface area contributed by atoms with E-state index >= 15 is 0 Å². The standard InChI is InChI=1S/C18H19N/c1-3-7-15-13(5-1)9-10-17-18(15)16-8-4-2-6-14(16)11-12-19-17/h1-8,17-19H,9-12H2/t17-,18+/m1/s1. The van der Waals surface area contributed by atoms with Crippen LogP contribution >= 0.6 is 0 Å². The van der Waals surface area contributed by atoms with E-state index in [1.54, 1.807) is 16.7 Å². The Morgan fingerprint density at radius 3 is 2.16 bits per heavy atom. The average molecular weight is 249 g/mol. The molecule has 96 valence electrons. The third kappa shape index (κ3) is 1.81. The van der Waals surface area contributed by atoms with Gasteiger partial charge in [0.2, 0.25) is 0 Å². The smallest absolute Gasteiger partial charge is 0.0249 e. The van der Waals surface area contributed by atoms with E-state index in [-0.39, 0.29) is 0 Å². The van der Waals surface area contributed by atoms with E-state index in [1.165, 1.54) is 18.4 Å². The molecule has 0 fully saturated rings. The van der Waals surface area contributed by atoms with Crippen molar-refractivity contribution >= 4 is 0 Å². The van der Waals surface area contributed by atoms with Crippen LogP contribution in [-0.2, 0) is 12.8 Å². The molecule has 0 spiro atoms. The molecule has 1 aliphatic carbocycles. The first kappa shape index (κ1) is 11.2. The number of fused-ring (bicyclic) bond motifs is 5. The van der Waals surface area contributed by atoms with E-state index in [0.717, 1.165) is 13.0 Å². The quantitative estimate of drug-likeness (QED) is 0.755. The molecule has 0 saturated heterocycles. The lowest BCUT2D eigenvalue weighted by Crippen LogP contribution is -2.38. The predicted molar refractivity (Wildman–Crippen MR) is 78.5 cm³/mol. The molecule has 2 atom stereocenters. The number of hydrogen-bond donors (Lipinski definition) is 1. The number of benzene rings is 2. The van der Waals surface area contributed by atoms with Gasteiger partial charge in [-0.3, -0.25) is 0 Å². The Bertz CT molecular complexity index is 602. The molecule has 0 amide bonds. The number of aryl methyl sites for hydroxylation is 1. The maximum absolute atomic E-state index is 3.77. The Morgan fingerprint density at radius 1 is 0.789 bits per heavy atom. The van der Waals surface area contributed by atoms with Crippen LogP contribution in [-0.4, -0.2) is 12.6 Å². The van der Waals surface area contributed by atoms with E-state index in [0.29, 0.717) is 12.0 Å². The van der Waals surface area contributed by atoms with Crippen molar-refractivity contribution in [2.75, 3.05) is 6.54 Å². The van der Waals surface area contributed by atoms with E-state index in [1.807, 2.05) is 0 Å². The lowest BCUT2D eigenvalue weighted by Gasteiger charge is -2.33. The third-order valence-electron chi connectivity index (χ3n) is 4.71. The minimum Gasteiger partial charge on any atom is -0.313 e. The minimum absolute atomic E-state index is 0.545. The topological polar surface area (TPSA) is 12.0 Å². The first-order chi connectivity index (χ1) is 9.43. The molecule has 1 nitrogen and oxygen atoms in total. The number of rotatable bonds is 0. The summed E-state index contributed by atoms with van der Waals surface area (Å²) in [7, 11) is 0. The van der Waals surface area contributed by atoms with Crippen molar-refractivity contribution in [1.29, 1.82) is 0 Å². The Kier molecular flexibility index (Phi) is 2.66. The summed E-state index contributed by atoms with van der Waals surface area (Å²) in [6.07, 6.45) is 3.63. The fraction of sp³-hybridized carbons (Fsp3) is 0.333. The molecule has 1 N–H and O–H groups in total. The maximum Gasteiger partial charge on any atom is 0.0249 e. The van der Waals surface area contributed by atoms with Gasteiger partial charge in [-0.05, 0) is 48.1 Å². The molecular formula is C18H19N. The zero-order valence-corrected chi connectivity index (χ0v) is 11.1. The second-order valence-corrected chi connectivity index (χ2v) is 5.72. The van der Waals surface area contributed by atoms with Crippen LogP contribution in [0.4, 0.5) is 0 Å². The molecule has 1 heteroatoms. The fourth-order valence-electron chi connectivity index (χ4n) is 3.82. The van der Waals surface area contributed by atoms with Crippen molar-refractivity contribution in [2.45, 2.75) is 31.2 Å². The molecule has 2 aromatic rings. The van der Waals surface area contributed by atoms with Gasteiger partial charge >= 0.3 is 0 Å². The highest BCUT2D eigenvalue weighted by molar-refractivity contribution is 5.45. The van der Waals surface area contributed by atoms with Crippen LogP contribution in [0.5, 0.6) is 0 Å². The fourth-order valence-corrected chi connectivity index (χ4v) is 3.82. The van der Waals surface area contributed by atoms with Gasteiger partial charge in [-0.2, -0.15) is 0 Å². The lowest BCUT2D eigenvalue weighted by molar-refractivity contribution is 0.434. The summed E-state index contributed by atoms with van der Waals surface area (Å²) < 4.78 is 0. The van der Waals surface area contributed by atoms with Crippen molar-refractivity contribution in [2.24, 2.45) is 0 Å². The third-order valence-corrected chi connectivity index (χ3v) is 4.71. The summed E-state index contributed by atoms with van der Waals surface area (Å²) in [6, 6.07) is 18.6. The predicted octanol–water partition coefficient (Wildman–Crippen LogP) is 3.28. The molecule has 0 radical (unpaired) electrons. The van der Waals surface area contributed by atoms with Crippen molar-refractivity contribution < 1.29 is 0 Å². The summed E-state index contributed by atoms with van der Waals surface area (Å²) >= 11 is 0. The Hall–Kier alpha value is -1.60. The molecule has 1 heterocycles. The van der Waals surface area contributed by atoms with Crippen molar-refractivity contribution in [3.63, 3.8) is 0 Å². The van der Waals surface area contributed by atoms with Gasteiger partial charge in [-0.15, -0.1) is 0 Å². The van der Waals surface area contributed by atoms with Crippen LogP contribution in [0.1, 0.15) is 34.6 Å². The molecular weight excluding hydrogens is 230 g/mol. The lowest BCUT2D eigenvalue weighted by atomic mass is 9.75. The van der Waals surface area contributed by atoms with Crippen molar-refractivity contribution in [3.05, 3.63) is 70.8 Å². The summed E-state index contributed by atoms with van der Waals surface area (Å²) in [4.78, 5) is 0. The summed E-state index contributed by atoms with van der Waals surface area (Å²) in [5, 5.41) is 3.77. The molecule has 2 aromatic carbocycles. The zero-order valence-electron chi connectivity index (χ0n) is 11.1. The molecule has 19 heavy (non-hydrogen) atoms. The molecule has 0 aromatic heterocycles. The second-order valence-electron chi connectivity index (χ2n) is 5.72. The van der Waals surface area contributed by atoms with Crippen LogP contribution < -0.4 is 5.32 Å². The molecule has 4 rings (SSSR count). The monoisotopic (exact) mass is 249 g/mol. The van der Waals surface area contributed by atoms with Gasteiger partial charge in [-0.25, -0.2) is 0 Å². The normalized spacial score (nSPS) is 24.8. The Balaban J connectivity index is 1.91. The van der Waals surface area contributed by atoms with Crippen LogP contribution in [0.15, 0.2) is 48.5 Å². The van der Waals surface area contributed by atoms with Gasteiger partial charge < -0.3 is 5.32 Å². The molecule has 0 bridgehead atoms. The van der Waals surface area contributed by atoms with E-state index in [4.69, 9.17) is 0 Å². The van der Waals surface area contributed by atoms with Gasteiger partial charge in [0.15, 0.2) is 0 Å². The second kappa shape index (κ2) is 4.50. The first-order valence-corrected chi connectivity index (χ1v) is 7.32.